The zero-order valence-corrected chi connectivity index (χ0v) is 13.1. The molecule has 0 aliphatic heterocycles. The van der Waals surface area contributed by atoms with Gasteiger partial charge in [0.1, 0.15) is 18.2 Å². The molecule has 116 valence electrons. The SMILES string of the molecule is CC(c1ccc(F)cc1)c1cccc(OCc2ccccc2)c1. The largest absolute Gasteiger partial charge is 0.489 e. The summed E-state index contributed by atoms with van der Waals surface area (Å²) < 4.78 is 18.9. The lowest BCUT2D eigenvalue weighted by molar-refractivity contribution is 0.306. The molecular weight excluding hydrogens is 287 g/mol. The van der Waals surface area contributed by atoms with E-state index in [1.54, 1.807) is 0 Å². The van der Waals surface area contributed by atoms with Gasteiger partial charge in [0.05, 0.1) is 0 Å². The maximum atomic E-state index is 13.1. The van der Waals surface area contributed by atoms with Gasteiger partial charge in [-0.25, -0.2) is 4.39 Å². The Bertz CT molecular complexity index is 750. The van der Waals surface area contributed by atoms with Gasteiger partial charge >= 0.3 is 0 Å². The molecule has 0 aliphatic rings. The first-order valence-electron chi connectivity index (χ1n) is 7.74. The Hall–Kier alpha value is -2.61. The maximum Gasteiger partial charge on any atom is 0.123 e. The second kappa shape index (κ2) is 7.10. The van der Waals surface area contributed by atoms with Crippen molar-refractivity contribution in [2.75, 3.05) is 0 Å². The standard InChI is InChI=1S/C21H19FO/c1-16(18-10-12-20(22)13-11-18)19-8-5-9-21(14-19)23-15-17-6-3-2-4-7-17/h2-14,16H,15H2,1H3. The molecule has 1 unspecified atom stereocenters. The molecule has 0 N–H and O–H groups in total. The van der Waals surface area contributed by atoms with Crippen molar-refractivity contribution in [3.63, 3.8) is 0 Å². The number of hydrogen-bond acceptors (Lipinski definition) is 1. The van der Waals surface area contributed by atoms with Crippen LogP contribution in [0.5, 0.6) is 5.75 Å². The fraction of sp³-hybridized carbons (Fsp3) is 0.143. The van der Waals surface area contributed by atoms with Crippen LogP contribution in [0, 0.1) is 5.82 Å². The van der Waals surface area contributed by atoms with Crippen molar-refractivity contribution in [3.8, 4) is 5.75 Å². The van der Waals surface area contributed by atoms with Gasteiger partial charge < -0.3 is 4.74 Å². The third-order valence-corrected chi connectivity index (χ3v) is 3.98. The highest BCUT2D eigenvalue weighted by Gasteiger charge is 2.09. The van der Waals surface area contributed by atoms with E-state index in [0.717, 1.165) is 22.4 Å². The van der Waals surface area contributed by atoms with Crippen LogP contribution in [0.25, 0.3) is 0 Å². The molecule has 3 rings (SSSR count). The van der Waals surface area contributed by atoms with Crippen molar-refractivity contribution < 1.29 is 9.13 Å². The Balaban J connectivity index is 1.73. The van der Waals surface area contributed by atoms with Crippen LogP contribution in [0.15, 0.2) is 78.9 Å². The molecule has 0 heterocycles. The van der Waals surface area contributed by atoms with E-state index in [-0.39, 0.29) is 11.7 Å². The van der Waals surface area contributed by atoms with Crippen LogP contribution in [-0.4, -0.2) is 0 Å². The molecule has 0 aliphatic carbocycles. The van der Waals surface area contributed by atoms with E-state index >= 15 is 0 Å². The molecular formula is C21H19FO. The van der Waals surface area contributed by atoms with Gasteiger partial charge in [-0.2, -0.15) is 0 Å². The molecule has 0 aromatic heterocycles. The summed E-state index contributed by atoms with van der Waals surface area (Å²) in [4.78, 5) is 0. The van der Waals surface area contributed by atoms with E-state index in [1.807, 2.05) is 54.6 Å². The lowest BCUT2D eigenvalue weighted by Crippen LogP contribution is -1.99. The number of halogens is 1. The second-order valence-corrected chi connectivity index (χ2v) is 5.62. The van der Waals surface area contributed by atoms with Crippen LogP contribution in [0.1, 0.15) is 29.5 Å². The topological polar surface area (TPSA) is 9.23 Å². The average Bonchev–Trinajstić information content (AvgIpc) is 2.61. The van der Waals surface area contributed by atoms with Crippen molar-refractivity contribution in [1.82, 2.24) is 0 Å². The van der Waals surface area contributed by atoms with Crippen molar-refractivity contribution in [2.45, 2.75) is 19.4 Å². The van der Waals surface area contributed by atoms with E-state index in [1.165, 1.54) is 12.1 Å². The first-order valence-corrected chi connectivity index (χ1v) is 7.74. The molecule has 3 aromatic rings. The molecule has 0 saturated heterocycles. The van der Waals surface area contributed by atoms with Gasteiger partial charge in [-0.3, -0.25) is 0 Å². The van der Waals surface area contributed by atoms with Crippen molar-refractivity contribution in [2.24, 2.45) is 0 Å². The van der Waals surface area contributed by atoms with Gasteiger partial charge in [0.2, 0.25) is 0 Å². The van der Waals surface area contributed by atoms with E-state index in [4.69, 9.17) is 4.74 Å². The zero-order valence-electron chi connectivity index (χ0n) is 13.1. The fourth-order valence-corrected chi connectivity index (χ4v) is 2.56. The van der Waals surface area contributed by atoms with Crippen LogP contribution in [0.4, 0.5) is 4.39 Å². The summed E-state index contributed by atoms with van der Waals surface area (Å²) in [6.07, 6.45) is 0. The van der Waals surface area contributed by atoms with E-state index in [2.05, 4.69) is 19.1 Å². The summed E-state index contributed by atoms with van der Waals surface area (Å²) >= 11 is 0. The van der Waals surface area contributed by atoms with Crippen LogP contribution >= 0.6 is 0 Å². The molecule has 0 saturated carbocycles. The van der Waals surface area contributed by atoms with Crippen molar-refractivity contribution in [3.05, 3.63) is 101 Å². The Labute approximate surface area is 136 Å². The van der Waals surface area contributed by atoms with E-state index in [9.17, 15) is 4.39 Å². The minimum Gasteiger partial charge on any atom is -0.489 e. The number of hydrogen-bond donors (Lipinski definition) is 0. The molecule has 0 bridgehead atoms. The highest BCUT2D eigenvalue weighted by molar-refractivity contribution is 5.36. The van der Waals surface area contributed by atoms with Crippen molar-refractivity contribution in [1.29, 1.82) is 0 Å². The molecule has 3 aromatic carbocycles. The van der Waals surface area contributed by atoms with E-state index < -0.39 is 0 Å². The van der Waals surface area contributed by atoms with Crippen LogP contribution in [0.3, 0.4) is 0 Å². The fourth-order valence-electron chi connectivity index (χ4n) is 2.56. The molecule has 23 heavy (non-hydrogen) atoms. The Morgan fingerprint density at radius 1 is 0.826 bits per heavy atom. The second-order valence-electron chi connectivity index (χ2n) is 5.62. The van der Waals surface area contributed by atoms with Gasteiger partial charge in [0.25, 0.3) is 0 Å². The minimum absolute atomic E-state index is 0.191. The quantitative estimate of drug-likeness (QED) is 0.600. The molecule has 0 radical (unpaired) electrons. The summed E-state index contributed by atoms with van der Waals surface area (Å²) in [5.74, 6) is 0.831. The normalized spacial score (nSPS) is 11.9. The molecule has 1 atom stereocenters. The lowest BCUT2D eigenvalue weighted by atomic mass is 9.93. The molecule has 0 spiro atoms. The third-order valence-electron chi connectivity index (χ3n) is 3.98. The number of rotatable bonds is 5. The molecule has 0 fully saturated rings. The van der Waals surface area contributed by atoms with Crippen LogP contribution in [0.2, 0.25) is 0 Å². The van der Waals surface area contributed by atoms with Crippen molar-refractivity contribution >= 4 is 0 Å². The summed E-state index contributed by atoms with van der Waals surface area (Å²) in [6.45, 7) is 2.67. The highest BCUT2D eigenvalue weighted by atomic mass is 19.1. The Morgan fingerprint density at radius 3 is 2.30 bits per heavy atom. The number of benzene rings is 3. The predicted molar refractivity (Wildman–Crippen MR) is 91.1 cm³/mol. The zero-order chi connectivity index (χ0) is 16.1. The van der Waals surface area contributed by atoms with Gasteiger partial charge in [-0.1, -0.05) is 61.5 Å². The predicted octanol–water partition coefficient (Wildman–Crippen LogP) is 5.56. The Kier molecular flexibility index (Phi) is 4.72. The molecule has 1 nitrogen and oxygen atoms in total. The highest BCUT2D eigenvalue weighted by Crippen LogP contribution is 2.27. The third kappa shape index (κ3) is 3.98. The maximum absolute atomic E-state index is 13.1. The van der Waals surface area contributed by atoms with Crippen LogP contribution in [-0.2, 0) is 6.61 Å². The smallest absolute Gasteiger partial charge is 0.123 e. The summed E-state index contributed by atoms with van der Waals surface area (Å²) in [5.41, 5.74) is 3.39. The molecule has 2 heteroatoms. The first-order chi connectivity index (χ1) is 11.2. The van der Waals surface area contributed by atoms with Crippen LogP contribution < -0.4 is 4.74 Å². The minimum atomic E-state index is -0.208. The summed E-state index contributed by atoms with van der Waals surface area (Å²) in [5, 5.41) is 0. The van der Waals surface area contributed by atoms with Gasteiger partial charge in [0, 0.05) is 5.92 Å². The monoisotopic (exact) mass is 306 g/mol. The summed E-state index contributed by atoms with van der Waals surface area (Å²) in [6, 6.07) is 24.8. The lowest BCUT2D eigenvalue weighted by Gasteiger charge is -2.14. The van der Waals surface area contributed by atoms with Gasteiger partial charge in [-0.05, 0) is 41.0 Å². The Morgan fingerprint density at radius 2 is 1.57 bits per heavy atom. The van der Waals surface area contributed by atoms with Gasteiger partial charge in [-0.15, -0.1) is 0 Å². The first kappa shape index (κ1) is 15.3. The molecule has 0 amide bonds. The average molecular weight is 306 g/mol. The van der Waals surface area contributed by atoms with Gasteiger partial charge in [0.15, 0.2) is 0 Å². The number of ether oxygens (including phenoxy) is 1. The summed E-state index contributed by atoms with van der Waals surface area (Å²) in [7, 11) is 0. The van der Waals surface area contributed by atoms with E-state index in [0.29, 0.717) is 6.61 Å².